The van der Waals surface area contributed by atoms with Gasteiger partial charge in [-0.05, 0) is 24.0 Å². The van der Waals surface area contributed by atoms with E-state index in [0.717, 1.165) is 22.0 Å². The summed E-state index contributed by atoms with van der Waals surface area (Å²) in [5, 5.41) is 1.11. The molecule has 0 amide bonds. The molecule has 0 fully saturated rings. The Morgan fingerprint density at radius 1 is 1.04 bits per heavy atom. The average molecular weight is 319 g/mol. The topological polar surface area (TPSA) is 77.6 Å². The van der Waals surface area contributed by atoms with Crippen LogP contribution in [0.5, 0.6) is 0 Å². The van der Waals surface area contributed by atoms with Gasteiger partial charge in [0, 0.05) is 23.5 Å². The minimum absolute atomic E-state index is 0.0385. The Labute approximate surface area is 134 Å². The van der Waals surface area contributed by atoms with E-state index in [1.54, 1.807) is 0 Å². The molecule has 1 aromatic carbocycles. The van der Waals surface area contributed by atoms with Crippen LogP contribution in [0.1, 0.15) is 17.5 Å². The fourth-order valence-electron chi connectivity index (χ4n) is 2.43. The van der Waals surface area contributed by atoms with Gasteiger partial charge in [-0.25, -0.2) is 4.79 Å². The maximum absolute atomic E-state index is 11.3. The number of hydrogen-bond acceptors (Lipinski definition) is 5. The molecule has 1 heterocycles. The smallest absolute Gasteiger partial charge is 0.331 e. The third-order valence-electron chi connectivity index (χ3n) is 3.68. The lowest BCUT2D eigenvalue weighted by Gasteiger charge is -2.04. The zero-order valence-corrected chi connectivity index (χ0v) is 13.4. The minimum atomic E-state index is -0.381. The first-order valence-electron chi connectivity index (χ1n) is 7.45. The van der Waals surface area contributed by atoms with Gasteiger partial charge in [0.2, 0.25) is 0 Å². The van der Waals surface area contributed by atoms with Gasteiger partial charge in [-0.2, -0.15) is 0 Å². The van der Waals surface area contributed by atoms with Crippen molar-refractivity contribution in [1.82, 2.24) is 4.98 Å². The number of H-pyrrole nitrogens is 1. The number of ether oxygens (including phenoxy) is 3. The first-order chi connectivity index (χ1) is 11.2. The van der Waals surface area contributed by atoms with Crippen LogP contribution >= 0.6 is 0 Å². The predicted molar refractivity (Wildman–Crippen MR) is 85.2 cm³/mol. The summed E-state index contributed by atoms with van der Waals surface area (Å²) in [5.74, 6) is -0.598. The van der Waals surface area contributed by atoms with Crippen LogP contribution in [0.15, 0.2) is 24.4 Å². The summed E-state index contributed by atoms with van der Waals surface area (Å²) in [5.41, 5.74) is 3.22. The van der Waals surface area contributed by atoms with Crippen molar-refractivity contribution in [3.63, 3.8) is 0 Å². The molecule has 2 rings (SSSR count). The van der Waals surface area contributed by atoms with Crippen molar-refractivity contribution in [3.8, 4) is 0 Å². The van der Waals surface area contributed by atoms with Crippen molar-refractivity contribution in [2.45, 2.75) is 19.3 Å². The highest BCUT2D eigenvalue weighted by Crippen LogP contribution is 2.23. The highest BCUT2D eigenvalue weighted by atomic mass is 16.6. The highest BCUT2D eigenvalue weighted by molar-refractivity contribution is 5.86. The van der Waals surface area contributed by atoms with Crippen LogP contribution in [0.4, 0.5) is 0 Å². The van der Waals surface area contributed by atoms with Crippen LogP contribution in [-0.2, 0) is 36.6 Å². The normalized spacial score (nSPS) is 10.7. The molecule has 0 bridgehead atoms. The van der Waals surface area contributed by atoms with Crippen LogP contribution in [0.3, 0.4) is 0 Å². The molecule has 1 aromatic heterocycles. The van der Waals surface area contributed by atoms with E-state index in [-0.39, 0.29) is 18.5 Å². The molecule has 2 aromatic rings. The molecule has 0 unspecified atom stereocenters. The van der Waals surface area contributed by atoms with E-state index in [1.165, 1.54) is 14.2 Å². The lowest BCUT2D eigenvalue weighted by atomic mass is 10.0. The lowest BCUT2D eigenvalue weighted by molar-refractivity contribution is -0.145. The quantitative estimate of drug-likeness (QED) is 0.595. The second kappa shape index (κ2) is 8.33. The number of benzene rings is 1. The van der Waals surface area contributed by atoms with Crippen LogP contribution < -0.4 is 0 Å². The Bertz CT molecular complexity index is 677. The van der Waals surface area contributed by atoms with Crippen LogP contribution in [0, 0.1) is 0 Å². The number of aryl methyl sites for hydroxylation is 1. The Morgan fingerprint density at radius 3 is 2.57 bits per heavy atom. The highest BCUT2D eigenvalue weighted by Gasteiger charge is 2.09. The number of para-hydroxylation sites is 1. The fourth-order valence-corrected chi connectivity index (χ4v) is 2.43. The summed E-state index contributed by atoms with van der Waals surface area (Å²) in [4.78, 5) is 25.5. The molecule has 6 heteroatoms. The Hall–Kier alpha value is -2.34. The van der Waals surface area contributed by atoms with Gasteiger partial charge in [-0.15, -0.1) is 0 Å². The Balaban J connectivity index is 2.00. The van der Waals surface area contributed by atoms with Crippen molar-refractivity contribution < 1.29 is 23.8 Å². The second-order valence-corrected chi connectivity index (χ2v) is 5.11. The van der Waals surface area contributed by atoms with Gasteiger partial charge < -0.3 is 19.2 Å². The molecule has 0 spiro atoms. The number of aromatic amines is 1. The fraction of sp³-hybridized carbons (Fsp3) is 0.412. The zero-order valence-electron chi connectivity index (χ0n) is 13.4. The van der Waals surface area contributed by atoms with E-state index in [9.17, 15) is 9.59 Å². The first kappa shape index (κ1) is 17.0. The molecule has 124 valence electrons. The number of aromatic nitrogens is 1. The van der Waals surface area contributed by atoms with Crippen LogP contribution in [0.25, 0.3) is 10.9 Å². The summed E-state index contributed by atoms with van der Waals surface area (Å²) < 4.78 is 14.5. The number of hydrogen-bond donors (Lipinski definition) is 1. The van der Waals surface area contributed by atoms with Gasteiger partial charge >= 0.3 is 11.9 Å². The summed E-state index contributed by atoms with van der Waals surface area (Å²) in [6.07, 6.45) is 3.61. The lowest BCUT2D eigenvalue weighted by Crippen LogP contribution is -2.11. The maximum Gasteiger partial charge on any atom is 0.331 e. The van der Waals surface area contributed by atoms with Gasteiger partial charge in [-0.1, -0.05) is 18.2 Å². The second-order valence-electron chi connectivity index (χ2n) is 5.11. The summed E-state index contributed by atoms with van der Waals surface area (Å²) in [6, 6.07) is 6.00. The third kappa shape index (κ3) is 4.56. The van der Waals surface area contributed by atoms with Gasteiger partial charge in [-0.3, -0.25) is 4.79 Å². The summed E-state index contributed by atoms with van der Waals surface area (Å²) >= 11 is 0. The number of carbonyl (C=O) groups is 2. The molecule has 0 aliphatic carbocycles. The molecule has 1 N–H and O–H groups in total. The standard InChI is InChI=1S/C17H21NO5/c1-21-15(19)7-6-12-4-3-5-14-13(10-18-17(12)14)8-9-23-11-16(20)22-2/h3-5,10,18H,6-9,11H2,1-2H3. The third-order valence-corrected chi connectivity index (χ3v) is 3.68. The number of rotatable bonds is 8. The van der Waals surface area contributed by atoms with Gasteiger partial charge in [0.1, 0.15) is 6.61 Å². The zero-order chi connectivity index (χ0) is 16.7. The summed E-state index contributed by atoms with van der Waals surface area (Å²) in [6.45, 7) is 0.400. The van der Waals surface area contributed by atoms with Crippen molar-refractivity contribution in [2.75, 3.05) is 27.4 Å². The Kier molecular flexibility index (Phi) is 6.17. The van der Waals surface area contributed by atoms with Crippen molar-refractivity contribution in [1.29, 1.82) is 0 Å². The SMILES string of the molecule is COC(=O)CCc1cccc2c(CCOCC(=O)OC)c[nH]c12. The molecule has 0 atom stereocenters. The van der Waals surface area contributed by atoms with E-state index in [0.29, 0.717) is 25.9 Å². The molecular formula is C17H21NO5. The predicted octanol–water partition coefficient (Wildman–Crippen LogP) is 2.01. The van der Waals surface area contributed by atoms with Crippen molar-refractivity contribution in [3.05, 3.63) is 35.5 Å². The monoisotopic (exact) mass is 319 g/mol. The average Bonchev–Trinajstić information content (AvgIpc) is 3.00. The van der Waals surface area contributed by atoms with E-state index < -0.39 is 0 Å². The number of fused-ring (bicyclic) bond motifs is 1. The van der Waals surface area contributed by atoms with E-state index in [1.807, 2.05) is 24.4 Å². The maximum atomic E-state index is 11.3. The van der Waals surface area contributed by atoms with Crippen molar-refractivity contribution in [2.24, 2.45) is 0 Å². The van der Waals surface area contributed by atoms with Gasteiger partial charge in [0.15, 0.2) is 0 Å². The molecule has 0 saturated heterocycles. The van der Waals surface area contributed by atoms with Crippen LogP contribution in [0.2, 0.25) is 0 Å². The van der Waals surface area contributed by atoms with Gasteiger partial charge in [0.25, 0.3) is 0 Å². The number of esters is 2. The molecule has 0 aliphatic rings. The van der Waals surface area contributed by atoms with Crippen molar-refractivity contribution >= 4 is 22.8 Å². The van der Waals surface area contributed by atoms with E-state index in [4.69, 9.17) is 4.74 Å². The molecule has 6 nitrogen and oxygen atoms in total. The molecular weight excluding hydrogens is 298 g/mol. The van der Waals surface area contributed by atoms with E-state index >= 15 is 0 Å². The first-order valence-corrected chi connectivity index (χ1v) is 7.45. The molecule has 0 radical (unpaired) electrons. The Morgan fingerprint density at radius 2 is 1.83 bits per heavy atom. The molecule has 0 aliphatic heterocycles. The largest absolute Gasteiger partial charge is 0.469 e. The number of nitrogens with one attached hydrogen (secondary N) is 1. The van der Waals surface area contributed by atoms with Gasteiger partial charge in [0.05, 0.1) is 20.8 Å². The molecule has 23 heavy (non-hydrogen) atoms. The number of carbonyl (C=O) groups excluding carboxylic acids is 2. The van der Waals surface area contributed by atoms with Crippen LogP contribution in [-0.4, -0.2) is 44.4 Å². The molecule has 0 saturated carbocycles. The number of methoxy groups -OCH3 is 2. The summed E-state index contributed by atoms with van der Waals surface area (Å²) in [7, 11) is 2.73. The minimum Gasteiger partial charge on any atom is -0.469 e. The van der Waals surface area contributed by atoms with E-state index in [2.05, 4.69) is 14.5 Å².